The molecule has 6 heteroatoms. The molecule has 0 bridgehead atoms. The van der Waals surface area contributed by atoms with Gasteiger partial charge in [0, 0.05) is 12.5 Å². The van der Waals surface area contributed by atoms with Gasteiger partial charge in [-0.1, -0.05) is 12.1 Å². The first kappa shape index (κ1) is 15.8. The summed E-state index contributed by atoms with van der Waals surface area (Å²) in [6.45, 7) is 1.90. The summed E-state index contributed by atoms with van der Waals surface area (Å²) < 4.78 is 41.5. The number of alkyl halides is 3. The molecule has 0 heterocycles. The van der Waals surface area contributed by atoms with Crippen LogP contribution in [0.2, 0.25) is 0 Å². The van der Waals surface area contributed by atoms with Crippen LogP contribution in [0.25, 0.3) is 0 Å². The fourth-order valence-corrected chi connectivity index (χ4v) is 1.91. The Morgan fingerprint density at radius 2 is 2.05 bits per heavy atom. The third kappa shape index (κ3) is 5.08. The number of rotatable bonds is 6. The van der Waals surface area contributed by atoms with Gasteiger partial charge < -0.3 is 4.74 Å². The van der Waals surface area contributed by atoms with Crippen LogP contribution < -0.4 is 16.0 Å². The lowest BCUT2D eigenvalue weighted by Crippen LogP contribution is -2.28. The van der Waals surface area contributed by atoms with Gasteiger partial charge in [0.05, 0.1) is 7.11 Å². The van der Waals surface area contributed by atoms with Crippen molar-refractivity contribution in [2.45, 2.75) is 38.4 Å². The monoisotopic (exact) mass is 276 g/mol. The number of aryl methyl sites for hydroxylation is 1. The van der Waals surface area contributed by atoms with Crippen LogP contribution in [-0.4, -0.2) is 13.3 Å². The highest BCUT2D eigenvalue weighted by atomic mass is 19.4. The average molecular weight is 276 g/mol. The molecule has 1 aromatic rings. The second-order valence-electron chi connectivity index (χ2n) is 4.46. The minimum Gasteiger partial charge on any atom is -0.496 e. The lowest BCUT2D eigenvalue weighted by atomic mass is 10.00. The molecule has 3 N–H and O–H groups in total. The van der Waals surface area contributed by atoms with Crippen molar-refractivity contribution in [3.05, 3.63) is 29.3 Å². The third-order valence-electron chi connectivity index (χ3n) is 2.99. The lowest BCUT2D eigenvalue weighted by Gasteiger charge is -2.18. The highest BCUT2D eigenvalue weighted by Crippen LogP contribution is 2.28. The molecule has 1 atom stereocenters. The summed E-state index contributed by atoms with van der Waals surface area (Å²) >= 11 is 0. The molecule has 0 fully saturated rings. The largest absolute Gasteiger partial charge is 0.496 e. The quantitative estimate of drug-likeness (QED) is 0.619. The summed E-state index contributed by atoms with van der Waals surface area (Å²) in [5.74, 6) is 6.11. The Hall–Kier alpha value is -1.27. The maximum Gasteiger partial charge on any atom is 0.389 e. The molecule has 0 saturated carbocycles. The molecule has 0 radical (unpaired) electrons. The Morgan fingerprint density at radius 3 is 2.58 bits per heavy atom. The lowest BCUT2D eigenvalue weighted by molar-refractivity contribution is -0.135. The average Bonchev–Trinajstić information content (AvgIpc) is 2.34. The van der Waals surface area contributed by atoms with Crippen LogP contribution in [0.3, 0.4) is 0 Å². The molecular weight excluding hydrogens is 257 g/mol. The smallest absolute Gasteiger partial charge is 0.389 e. The van der Waals surface area contributed by atoms with E-state index in [9.17, 15) is 13.2 Å². The van der Waals surface area contributed by atoms with Crippen molar-refractivity contribution < 1.29 is 17.9 Å². The van der Waals surface area contributed by atoms with Gasteiger partial charge in [0.2, 0.25) is 0 Å². The van der Waals surface area contributed by atoms with Crippen molar-refractivity contribution >= 4 is 0 Å². The normalized spacial score (nSPS) is 13.4. The molecule has 0 aliphatic rings. The van der Waals surface area contributed by atoms with Gasteiger partial charge in [-0.2, -0.15) is 13.2 Å². The summed E-state index contributed by atoms with van der Waals surface area (Å²) in [5.41, 5.74) is 4.35. The van der Waals surface area contributed by atoms with Gasteiger partial charge in [0.15, 0.2) is 0 Å². The van der Waals surface area contributed by atoms with Crippen LogP contribution in [0.15, 0.2) is 18.2 Å². The molecule has 1 unspecified atom stereocenters. The number of ether oxygens (including phenoxy) is 1. The SMILES string of the molecule is COc1cc(C(CCCC(F)(F)F)NN)ccc1C. The van der Waals surface area contributed by atoms with E-state index in [0.29, 0.717) is 12.2 Å². The Labute approximate surface area is 110 Å². The molecule has 0 amide bonds. The zero-order valence-corrected chi connectivity index (χ0v) is 11.1. The van der Waals surface area contributed by atoms with Gasteiger partial charge in [-0.05, 0) is 37.0 Å². The fraction of sp³-hybridized carbons (Fsp3) is 0.538. The number of hydrogen-bond acceptors (Lipinski definition) is 3. The number of nitrogens with one attached hydrogen (secondary N) is 1. The van der Waals surface area contributed by atoms with Gasteiger partial charge in [0.1, 0.15) is 5.75 Å². The molecule has 3 nitrogen and oxygen atoms in total. The second-order valence-corrected chi connectivity index (χ2v) is 4.46. The molecule has 19 heavy (non-hydrogen) atoms. The van der Waals surface area contributed by atoms with Crippen LogP contribution >= 0.6 is 0 Å². The van der Waals surface area contributed by atoms with Crippen molar-refractivity contribution in [2.24, 2.45) is 5.84 Å². The molecule has 0 aliphatic carbocycles. The summed E-state index contributed by atoms with van der Waals surface area (Å²) in [7, 11) is 1.56. The van der Waals surface area contributed by atoms with E-state index in [4.69, 9.17) is 10.6 Å². The predicted molar refractivity (Wildman–Crippen MR) is 67.7 cm³/mol. The van der Waals surface area contributed by atoms with Crippen molar-refractivity contribution in [3.63, 3.8) is 0 Å². The highest BCUT2D eigenvalue weighted by Gasteiger charge is 2.26. The summed E-state index contributed by atoms with van der Waals surface area (Å²) in [6.07, 6.45) is -4.56. The number of hydrogen-bond donors (Lipinski definition) is 2. The number of methoxy groups -OCH3 is 1. The van der Waals surface area contributed by atoms with E-state index in [2.05, 4.69) is 5.43 Å². The molecule has 108 valence electrons. The van der Waals surface area contributed by atoms with E-state index in [1.165, 1.54) is 0 Å². The molecule has 0 saturated heterocycles. The first-order valence-corrected chi connectivity index (χ1v) is 6.05. The van der Waals surface area contributed by atoms with Crippen LogP contribution in [0, 0.1) is 6.92 Å². The maximum absolute atomic E-state index is 12.1. The maximum atomic E-state index is 12.1. The van der Waals surface area contributed by atoms with E-state index < -0.39 is 12.6 Å². The van der Waals surface area contributed by atoms with Gasteiger partial charge in [0.25, 0.3) is 0 Å². The standard InChI is InChI=1S/C13H19F3N2O/c1-9-5-6-10(8-12(9)19-2)11(18-17)4-3-7-13(14,15)16/h5-6,8,11,18H,3-4,7,17H2,1-2H3. The Morgan fingerprint density at radius 1 is 1.37 bits per heavy atom. The van der Waals surface area contributed by atoms with Gasteiger partial charge >= 0.3 is 6.18 Å². The molecular formula is C13H19F3N2O. The second kappa shape index (κ2) is 6.77. The van der Waals surface area contributed by atoms with E-state index >= 15 is 0 Å². The number of benzene rings is 1. The molecule has 0 aromatic heterocycles. The summed E-state index contributed by atoms with van der Waals surface area (Å²) in [5, 5.41) is 0. The van der Waals surface area contributed by atoms with E-state index in [1.807, 2.05) is 19.1 Å². The Kier molecular flexibility index (Phi) is 5.62. The summed E-state index contributed by atoms with van der Waals surface area (Å²) in [6, 6.07) is 5.20. The zero-order chi connectivity index (χ0) is 14.5. The van der Waals surface area contributed by atoms with Crippen molar-refractivity contribution in [2.75, 3.05) is 7.11 Å². The Bertz CT molecular complexity index is 407. The van der Waals surface area contributed by atoms with E-state index in [0.717, 1.165) is 11.1 Å². The van der Waals surface area contributed by atoms with E-state index in [-0.39, 0.29) is 12.5 Å². The zero-order valence-electron chi connectivity index (χ0n) is 11.1. The van der Waals surface area contributed by atoms with Crippen LogP contribution in [0.4, 0.5) is 13.2 Å². The van der Waals surface area contributed by atoms with Gasteiger partial charge in [-0.25, -0.2) is 0 Å². The minimum absolute atomic E-state index is 0.0363. The first-order valence-electron chi connectivity index (χ1n) is 6.05. The van der Waals surface area contributed by atoms with Gasteiger partial charge in [-0.3, -0.25) is 11.3 Å². The molecule has 1 rings (SSSR count). The molecule has 1 aromatic carbocycles. The fourth-order valence-electron chi connectivity index (χ4n) is 1.91. The van der Waals surface area contributed by atoms with Crippen LogP contribution in [-0.2, 0) is 0 Å². The number of nitrogens with two attached hydrogens (primary N) is 1. The highest BCUT2D eigenvalue weighted by molar-refractivity contribution is 5.37. The predicted octanol–water partition coefficient (Wildman–Crippen LogP) is 3.24. The van der Waals surface area contributed by atoms with Crippen molar-refractivity contribution in [1.29, 1.82) is 0 Å². The Balaban J connectivity index is 2.69. The van der Waals surface area contributed by atoms with Crippen LogP contribution in [0.5, 0.6) is 5.75 Å². The first-order chi connectivity index (χ1) is 8.87. The van der Waals surface area contributed by atoms with E-state index in [1.54, 1.807) is 13.2 Å². The third-order valence-corrected chi connectivity index (χ3v) is 2.99. The molecule has 0 aliphatic heterocycles. The number of hydrazine groups is 1. The van der Waals surface area contributed by atoms with Crippen molar-refractivity contribution in [3.8, 4) is 5.75 Å². The van der Waals surface area contributed by atoms with Crippen molar-refractivity contribution in [1.82, 2.24) is 5.43 Å². The van der Waals surface area contributed by atoms with Crippen LogP contribution in [0.1, 0.15) is 36.4 Å². The summed E-state index contributed by atoms with van der Waals surface area (Å²) in [4.78, 5) is 0. The minimum atomic E-state index is -4.12. The molecule has 0 spiro atoms. The topological polar surface area (TPSA) is 47.3 Å². The number of halogens is 3. The van der Waals surface area contributed by atoms with Gasteiger partial charge in [-0.15, -0.1) is 0 Å².